The van der Waals surface area contributed by atoms with E-state index in [1.807, 2.05) is 0 Å². The Morgan fingerprint density at radius 2 is 2.10 bits per heavy atom. The number of nitrogens with zero attached hydrogens (tertiary/aromatic N) is 1. The third kappa shape index (κ3) is 5.66. The van der Waals surface area contributed by atoms with Crippen LogP contribution in [0.5, 0.6) is 0 Å². The van der Waals surface area contributed by atoms with E-state index in [-0.39, 0.29) is 36.1 Å². The number of furan rings is 1. The summed E-state index contributed by atoms with van der Waals surface area (Å²) in [4.78, 5) is 30.5. The number of nitrogens with one attached hydrogen (secondary N) is 2. The van der Waals surface area contributed by atoms with Crippen LogP contribution in [0.4, 0.5) is 10.1 Å². The Hall–Kier alpha value is -3.17. The third-order valence-electron chi connectivity index (χ3n) is 4.01. The smallest absolute Gasteiger partial charge is 0.282 e. The molecule has 0 unspecified atom stereocenters. The van der Waals surface area contributed by atoms with Crippen molar-refractivity contribution in [2.75, 3.05) is 25.6 Å². The first kappa shape index (κ1) is 22.1. The number of hydrogen-bond donors (Lipinski definition) is 3. The molecule has 0 bridgehead atoms. The molecule has 2 rings (SSSR count). The molecule has 29 heavy (non-hydrogen) atoms. The number of rotatable bonds is 10. The van der Waals surface area contributed by atoms with Crippen LogP contribution in [0, 0.1) is 19.7 Å². The van der Waals surface area contributed by atoms with Crippen LogP contribution in [0.25, 0.3) is 5.57 Å². The largest absolute Gasteiger partial charge is 0.464 e. The molecule has 0 spiro atoms. The highest BCUT2D eigenvalue weighted by atomic mass is 19.1. The van der Waals surface area contributed by atoms with Crippen molar-refractivity contribution in [2.24, 2.45) is 0 Å². The van der Waals surface area contributed by atoms with Gasteiger partial charge in [0.1, 0.15) is 23.0 Å². The highest BCUT2D eigenvalue weighted by molar-refractivity contribution is 6.20. The number of hydroxylamine groups is 1. The van der Waals surface area contributed by atoms with Crippen molar-refractivity contribution in [3.8, 4) is 0 Å². The van der Waals surface area contributed by atoms with Crippen LogP contribution in [0.3, 0.4) is 0 Å². The van der Waals surface area contributed by atoms with Crippen LogP contribution in [-0.4, -0.2) is 42.6 Å². The summed E-state index contributed by atoms with van der Waals surface area (Å²) in [5.41, 5.74) is 3.64. The molecule has 0 saturated heterocycles. The van der Waals surface area contributed by atoms with Gasteiger partial charge in [0.2, 0.25) is 6.41 Å². The number of aliphatic hydroxyl groups excluding tert-OH is 1. The van der Waals surface area contributed by atoms with E-state index in [2.05, 4.69) is 10.8 Å². The van der Waals surface area contributed by atoms with Crippen LogP contribution in [0.15, 0.2) is 40.8 Å². The lowest BCUT2D eigenvalue weighted by molar-refractivity contribution is -0.127. The topological polar surface area (TPSA) is 104 Å². The summed E-state index contributed by atoms with van der Waals surface area (Å²) in [6, 6.07) is 6.18. The minimum Gasteiger partial charge on any atom is -0.464 e. The van der Waals surface area contributed by atoms with Gasteiger partial charge >= 0.3 is 0 Å². The Kier molecular flexibility index (Phi) is 7.93. The van der Waals surface area contributed by atoms with Gasteiger partial charge in [0.25, 0.3) is 5.91 Å². The monoisotopic (exact) mass is 405 g/mol. The number of anilines is 1. The number of carbonyl (C=O) groups excluding carboxylic acids is 2. The lowest BCUT2D eigenvalue weighted by Gasteiger charge is -2.22. The van der Waals surface area contributed by atoms with Crippen molar-refractivity contribution in [3.63, 3.8) is 0 Å². The molecule has 0 saturated carbocycles. The Morgan fingerprint density at radius 3 is 2.69 bits per heavy atom. The van der Waals surface area contributed by atoms with Gasteiger partial charge in [0, 0.05) is 13.7 Å². The van der Waals surface area contributed by atoms with Gasteiger partial charge < -0.3 is 19.7 Å². The fraction of sp³-hybridized carbons (Fsp3) is 0.300. The molecule has 0 atom stereocenters. The van der Waals surface area contributed by atoms with Crippen molar-refractivity contribution < 1.29 is 28.3 Å². The Morgan fingerprint density at radius 1 is 1.34 bits per heavy atom. The molecule has 2 aromatic rings. The molecule has 3 N–H and O–H groups in total. The lowest BCUT2D eigenvalue weighted by Crippen LogP contribution is -2.31. The molecule has 2 amide bonds. The van der Waals surface area contributed by atoms with Crippen LogP contribution < -0.4 is 10.8 Å². The number of aliphatic hydroxyl groups is 1. The average molecular weight is 405 g/mol. The van der Waals surface area contributed by atoms with Crippen molar-refractivity contribution in [2.45, 2.75) is 20.3 Å². The molecule has 1 aromatic carbocycles. The SMILES string of the molecule is Cc1ccc(N/C(=C(\C(=O)NOCCCO)c2occc2C)N(C)C=O)c(F)c1. The maximum absolute atomic E-state index is 14.4. The van der Waals surface area contributed by atoms with Gasteiger partial charge in [-0.2, -0.15) is 0 Å². The van der Waals surface area contributed by atoms with E-state index in [4.69, 9.17) is 14.4 Å². The number of benzene rings is 1. The highest BCUT2D eigenvalue weighted by Gasteiger charge is 2.26. The van der Waals surface area contributed by atoms with Gasteiger partial charge in [-0.25, -0.2) is 9.87 Å². The van der Waals surface area contributed by atoms with Crippen molar-refractivity contribution >= 4 is 23.6 Å². The molecule has 1 aromatic heterocycles. The summed E-state index contributed by atoms with van der Waals surface area (Å²) < 4.78 is 19.8. The molecular weight excluding hydrogens is 381 g/mol. The first-order chi connectivity index (χ1) is 13.9. The molecule has 8 nitrogen and oxygen atoms in total. The van der Waals surface area contributed by atoms with Crippen molar-refractivity contribution in [1.29, 1.82) is 0 Å². The normalized spacial score (nSPS) is 11.6. The molecule has 0 aliphatic rings. The Labute approximate surface area is 167 Å². The molecule has 156 valence electrons. The number of carbonyl (C=O) groups is 2. The fourth-order valence-corrected chi connectivity index (χ4v) is 2.48. The average Bonchev–Trinajstić information content (AvgIpc) is 3.11. The zero-order chi connectivity index (χ0) is 21.4. The lowest BCUT2D eigenvalue weighted by atomic mass is 10.1. The van der Waals surface area contributed by atoms with Crippen LogP contribution in [-0.2, 0) is 14.4 Å². The van der Waals surface area contributed by atoms with Crippen molar-refractivity contribution in [3.05, 3.63) is 59.1 Å². The molecule has 0 fully saturated rings. The van der Waals surface area contributed by atoms with E-state index >= 15 is 0 Å². The van der Waals surface area contributed by atoms with E-state index in [0.717, 1.165) is 10.5 Å². The van der Waals surface area contributed by atoms with Gasteiger partial charge in [0.05, 0.1) is 18.6 Å². The van der Waals surface area contributed by atoms with Crippen molar-refractivity contribution in [1.82, 2.24) is 10.4 Å². The van der Waals surface area contributed by atoms with Crippen LogP contribution in [0.2, 0.25) is 0 Å². The van der Waals surface area contributed by atoms with Gasteiger partial charge in [-0.15, -0.1) is 0 Å². The first-order valence-corrected chi connectivity index (χ1v) is 8.92. The van der Waals surface area contributed by atoms with E-state index in [1.165, 1.54) is 25.4 Å². The second-order valence-electron chi connectivity index (χ2n) is 6.34. The summed E-state index contributed by atoms with van der Waals surface area (Å²) in [5.74, 6) is -1.05. The van der Waals surface area contributed by atoms with Gasteiger partial charge in [-0.1, -0.05) is 6.07 Å². The standard InChI is InChI=1S/C20H24FN3O5/c1-13-5-6-16(15(21)11-13)22-19(24(3)12-26)17(18-14(2)7-10-28-18)20(27)23-29-9-4-8-25/h5-7,10-12,22,25H,4,8-9H2,1-3H3,(H,23,27)/b19-17+. The minimum absolute atomic E-state index is 0.00376. The molecule has 9 heteroatoms. The quantitative estimate of drug-likeness (QED) is 0.243. The van der Waals surface area contributed by atoms with E-state index in [1.54, 1.807) is 26.0 Å². The maximum Gasteiger partial charge on any atom is 0.282 e. The second-order valence-corrected chi connectivity index (χ2v) is 6.34. The molecule has 0 radical (unpaired) electrons. The summed E-state index contributed by atoms with van der Waals surface area (Å²) in [5, 5.41) is 11.6. The number of aryl methyl sites for hydroxylation is 2. The summed E-state index contributed by atoms with van der Waals surface area (Å²) in [6.07, 6.45) is 2.20. The molecular formula is C20H24FN3O5. The summed E-state index contributed by atoms with van der Waals surface area (Å²) in [6.45, 7) is 3.47. The van der Waals surface area contributed by atoms with Crippen LogP contribution >= 0.6 is 0 Å². The van der Waals surface area contributed by atoms with Gasteiger partial charge in [-0.05, 0) is 49.6 Å². The zero-order valence-electron chi connectivity index (χ0n) is 16.5. The maximum atomic E-state index is 14.4. The highest BCUT2D eigenvalue weighted by Crippen LogP contribution is 2.27. The van der Waals surface area contributed by atoms with Crippen LogP contribution in [0.1, 0.15) is 23.3 Å². The predicted octanol–water partition coefficient (Wildman–Crippen LogP) is 2.33. The van der Waals surface area contributed by atoms with E-state index in [0.29, 0.717) is 18.4 Å². The predicted molar refractivity (Wildman–Crippen MR) is 105 cm³/mol. The Balaban J connectivity index is 2.52. The zero-order valence-corrected chi connectivity index (χ0v) is 16.5. The number of halogens is 1. The minimum atomic E-state index is -0.704. The molecule has 0 aliphatic carbocycles. The van der Waals surface area contributed by atoms with E-state index < -0.39 is 11.7 Å². The van der Waals surface area contributed by atoms with Gasteiger partial charge in [-0.3, -0.25) is 14.4 Å². The number of hydrogen-bond acceptors (Lipinski definition) is 6. The summed E-state index contributed by atoms with van der Waals surface area (Å²) >= 11 is 0. The van der Waals surface area contributed by atoms with Gasteiger partial charge in [0.15, 0.2) is 0 Å². The first-order valence-electron chi connectivity index (χ1n) is 8.92. The molecule has 0 aliphatic heterocycles. The van der Waals surface area contributed by atoms with E-state index in [9.17, 15) is 14.0 Å². The second kappa shape index (κ2) is 10.4. The molecule has 1 heterocycles. The summed E-state index contributed by atoms with van der Waals surface area (Å²) in [7, 11) is 1.42. The fourth-order valence-electron chi connectivity index (χ4n) is 2.48. The third-order valence-corrected chi connectivity index (χ3v) is 4.01. The Bertz CT molecular complexity index is 894. The number of amides is 2.